The predicted octanol–water partition coefficient (Wildman–Crippen LogP) is 1.09. The fourth-order valence-electron chi connectivity index (χ4n) is 0.422. The minimum atomic E-state index is 0.370. The topological polar surface area (TPSA) is 22.1 Å². The van der Waals surface area contributed by atoms with E-state index in [1.54, 1.807) is 19.4 Å². The van der Waals surface area contributed by atoms with Gasteiger partial charge in [-0.2, -0.15) is 0 Å². The molecular formula is C6H7NO. The number of aromatic nitrogens is 1. The minimum Gasteiger partial charge on any atom is -0.495 e. The summed E-state index contributed by atoms with van der Waals surface area (Å²) < 4.78 is 11.9. The highest BCUT2D eigenvalue weighted by Gasteiger charge is 1.81. The number of hydrogen-bond acceptors (Lipinski definition) is 2. The molecule has 0 bridgehead atoms. The van der Waals surface area contributed by atoms with Gasteiger partial charge in [0, 0.05) is 6.20 Å². The molecule has 1 aromatic rings. The molecule has 0 aromatic carbocycles. The summed E-state index contributed by atoms with van der Waals surface area (Å²) in [5, 5.41) is 0. The second-order valence-corrected chi connectivity index (χ2v) is 1.32. The average Bonchev–Trinajstić information content (AvgIpc) is 1.88. The Labute approximate surface area is 49.5 Å². The Hall–Kier alpha value is -1.05. The van der Waals surface area contributed by atoms with E-state index in [1.165, 1.54) is 6.20 Å². The molecule has 0 unspecified atom stereocenters. The monoisotopic (exact) mass is 110 g/mol. The molecule has 0 saturated heterocycles. The summed E-state index contributed by atoms with van der Waals surface area (Å²) in [6.45, 7) is 0. The van der Waals surface area contributed by atoms with Crippen LogP contribution in [-0.4, -0.2) is 12.1 Å². The zero-order chi connectivity index (χ0) is 6.69. The number of pyridine rings is 1. The normalized spacial score (nSPS) is 10.4. The molecule has 1 rings (SSSR count). The lowest BCUT2D eigenvalue weighted by atomic mass is 10.5. The molecule has 42 valence electrons. The molecule has 0 aliphatic heterocycles. The van der Waals surface area contributed by atoms with Gasteiger partial charge in [0.25, 0.3) is 0 Å². The highest BCUT2D eigenvalue weighted by molar-refractivity contribution is 5.14. The molecule has 0 aliphatic rings. The molecule has 0 radical (unpaired) electrons. The van der Waals surface area contributed by atoms with Gasteiger partial charge in [-0.25, -0.2) is 0 Å². The van der Waals surface area contributed by atoms with Crippen LogP contribution in [0.1, 0.15) is 1.37 Å². The van der Waals surface area contributed by atoms with Crippen LogP contribution in [-0.2, 0) is 0 Å². The second-order valence-electron chi connectivity index (χ2n) is 1.32. The fourth-order valence-corrected chi connectivity index (χ4v) is 0.422. The molecule has 0 atom stereocenters. The van der Waals surface area contributed by atoms with Gasteiger partial charge in [-0.3, -0.25) is 4.98 Å². The Bertz CT molecular complexity index is 202. The van der Waals surface area contributed by atoms with Crippen LogP contribution in [0.3, 0.4) is 0 Å². The van der Waals surface area contributed by atoms with E-state index in [9.17, 15) is 0 Å². The van der Waals surface area contributed by atoms with E-state index >= 15 is 0 Å². The minimum absolute atomic E-state index is 0.370. The van der Waals surface area contributed by atoms with Gasteiger partial charge in [0.2, 0.25) is 0 Å². The summed E-state index contributed by atoms with van der Waals surface area (Å²) in [6.07, 6.45) is 3.03. The van der Waals surface area contributed by atoms with Crippen molar-refractivity contribution in [3.05, 3.63) is 24.5 Å². The van der Waals surface area contributed by atoms with E-state index in [2.05, 4.69) is 4.98 Å². The standard InChI is InChI=1S/C6H7NO/c1-8-6-3-2-4-7-5-6/h2-5H,1H3/i2D. The maximum absolute atomic E-state index is 7.10. The zero-order valence-corrected chi connectivity index (χ0v) is 4.59. The van der Waals surface area contributed by atoms with Crippen molar-refractivity contribution >= 4 is 0 Å². The van der Waals surface area contributed by atoms with Crippen molar-refractivity contribution in [3.63, 3.8) is 0 Å². The first-order valence-corrected chi connectivity index (χ1v) is 2.28. The highest BCUT2D eigenvalue weighted by Crippen LogP contribution is 2.02. The first-order valence-electron chi connectivity index (χ1n) is 2.78. The van der Waals surface area contributed by atoms with Gasteiger partial charge in [-0.15, -0.1) is 0 Å². The summed E-state index contributed by atoms with van der Waals surface area (Å²) in [6, 6.07) is 1.97. The SMILES string of the molecule is [2H]c1cncc(OC)c1. The molecule has 0 fully saturated rings. The molecule has 2 heteroatoms. The quantitative estimate of drug-likeness (QED) is 0.540. The molecule has 0 aliphatic carbocycles. The Kier molecular flexibility index (Phi) is 1.12. The van der Waals surface area contributed by atoms with E-state index in [1.807, 2.05) is 0 Å². The van der Waals surface area contributed by atoms with E-state index in [-0.39, 0.29) is 0 Å². The summed E-state index contributed by atoms with van der Waals surface area (Å²) >= 11 is 0. The molecule has 0 saturated carbocycles. The first kappa shape index (κ1) is 3.89. The zero-order valence-electron chi connectivity index (χ0n) is 5.59. The van der Waals surface area contributed by atoms with Crippen LogP contribution in [0.2, 0.25) is 0 Å². The van der Waals surface area contributed by atoms with Crippen molar-refractivity contribution in [3.8, 4) is 5.75 Å². The van der Waals surface area contributed by atoms with Gasteiger partial charge in [-0.05, 0) is 12.1 Å². The van der Waals surface area contributed by atoms with Gasteiger partial charge in [-0.1, -0.05) is 0 Å². The molecule has 0 N–H and O–H groups in total. The molecule has 0 amide bonds. The largest absolute Gasteiger partial charge is 0.495 e. The number of ether oxygens (including phenoxy) is 1. The van der Waals surface area contributed by atoms with Crippen molar-refractivity contribution in [2.75, 3.05) is 7.11 Å². The molecule has 2 nitrogen and oxygen atoms in total. The van der Waals surface area contributed by atoms with E-state index in [0.29, 0.717) is 11.8 Å². The summed E-state index contributed by atoms with van der Waals surface area (Å²) in [5.74, 6) is 0.627. The Morgan fingerprint density at radius 3 is 3.25 bits per heavy atom. The van der Waals surface area contributed by atoms with Crippen molar-refractivity contribution in [2.45, 2.75) is 0 Å². The van der Waals surface area contributed by atoms with Crippen LogP contribution < -0.4 is 4.74 Å². The van der Waals surface area contributed by atoms with Crippen molar-refractivity contribution < 1.29 is 6.11 Å². The number of nitrogens with zero attached hydrogens (tertiary/aromatic N) is 1. The maximum Gasteiger partial charge on any atom is 0.137 e. The van der Waals surface area contributed by atoms with Gasteiger partial charge >= 0.3 is 0 Å². The average molecular weight is 110 g/mol. The van der Waals surface area contributed by atoms with Crippen LogP contribution in [0, 0.1) is 0 Å². The molecule has 0 spiro atoms. The predicted molar refractivity (Wildman–Crippen MR) is 30.8 cm³/mol. The smallest absolute Gasteiger partial charge is 0.137 e. The third kappa shape index (κ3) is 0.964. The summed E-state index contributed by atoms with van der Waals surface area (Å²) in [5.41, 5.74) is 0. The van der Waals surface area contributed by atoms with Crippen molar-refractivity contribution in [1.29, 1.82) is 0 Å². The van der Waals surface area contributed by atoms with Gasteiger partial charge < -0.3 is 4.74 Å². The lowest BCUT2D eigenvalue weighted by Gasteiger charge is -1.93. The van der Waals surface area contributed by atoms with Crippen molar-refractivity contribution in [2.24, 2.45) is 0 Å². The Morgan fingerprint density at radius 2 is 2.75 bits per heavy atom. The van der Waals surface area contributed by atoms with Crippen LogP contribution in [0.4, 0.5) is 0 Å². The van der Waals surface area contributed by atoms with Crippen LogP contribution in [0.15, 0.2) is 24.5 Å². The van der Waals surface area contributed by atoms with Gasteiger partial charge in [0.15, 0.2) is 0 Å². The van der Waals surface area contributed by atoms with Crippen LogP contribution in [0.25, 0.3) is 0 Å². The van der Waals surface area contributed by atoms with Gasteiger partial charge in [0.05, 0.1) is 14.7 Å². The van der Waals surface area contributed by atoms with Gasteiger partial charge in [0.1, 0.15) is 5.75 Å². The van der Waals surface area contributed by atoms with Crippen LogP contribution >= 0.6 is 0 Å². The third-order valence-electron chi connectivity index (χ3n) is 0.812. The Balaban J connectivity index is 2.94. The second kappa shape index (κ2) is 2.31. The lowest BCUT2D eigenvalue weighted by Crippen LogP contribution is -1.80. The lowest BCUT2D eigenvalue weighted by molar-refractivity contribution is 0.413. The number of methoxy groups -OCH3 is 1. The van der Waals surface area contributed by atoms with Crippen LogP contribution in [0.5, 0.6) is 5.75 Å². The molecule has 1 aromatic heterocycles. The molecule has 1 heterocycles. The summed E-state index contributed by atoms with van der Waals surface area (Å²) in [7, 11) is 1.55. The number of hydrogen-bond donors (Lipinski definition) is 0. The van der Waals surface area contributed by atoms with Crippen molar-refractivity contribution in [1.82, 2.24) is 4.98 Å². The fraction of sp³-hybridized carbons (Fsp3) is 0.167. The molecule has 8 heavy (non-hydrogen) atoms. The van der Waals surface area contributed by atoms with E-state index in [4.69, 9.17) is 6.11 Å². The van der Waals surface area contributed by atoms with E-state index in [0.717, 1.165) is 0 Å². The summed E-state index contributed by atoms with van der Waals surface area (Å²) in [4.78, 5) is 3.74. The third-order valence-corrected chi connectivity index (χ3v) is 0.812. The molecular weight excluding hydrogens is 102 g/mol. The first-order chi connectivity index (χ1) is 4.33. The highest BCUT2D eigenvalue weighted by atomic mass is 16.5. The maximum atomic E-state index is 7.10. The number of rotatable bonds is 1. The van der Waals surface area contributed by atoms with E-state index < -0.39 is 0 Å². The Morgan fingerprint density at radius 1 is 1.88 bits per heavy atom.